The van der Waals surface area contributed by atoms with Gasteiger partial charge in [-0.05, 0) is 40.8 Å². The molecule has 0 saturated carbocycles. The van der Waals surface area contributed by atoms with Crippen molar-refractivity contribution in [2.45, 2.75) is 27.3 Å². The number of halogens is 1. The summed E-state index contributed by atoms with van der Waals surface area (Å²) < 4.78 is 3.58. The molecular weight excluding hydrogens is 308 g/mol. The molecular formula is C19H21ClN2O. The highest BCUT2D eigenvalue weighted by atomic mass is 35.5. The molecule has 0 spiro atoms. The molecule has 2 aromatic carbocycles. The standard InChI is InChI=1S/C19H21ClN2O/c1-19(2,3)12-22-16-9-8-14(11-17(16)21(4)18(22)23)13-6-5-7-15(20)10-13/h5-11H,12H2,1-4H3. The van der Waals surface area contributed by atoms with Crippen molar-refractivity contribution in [3.05, 3.63) is 58.0 Å². The number of hydrogen-bond donors (Lipinski definition) is 0. The Morgan fingerprint density at radius 1 is 1.00 bits per heavy atom. The van der Waals surface area contributed by atoms with Crippen LogP contribution in [0.15, 0.2) is 47.3 Å². The number of benzene rings is 2. The van der Waals surface area contributed by atoms with Crippen LogP contribution >= 0.6 is 11.6 Å². The lowest BCUT2D eigenvalue weighted by atomic mass is 9.97. The van der Waals surface area contributed by atoms with Crippen LogP contribution < -0.4 is 5.69 Å². The third kappa shape index (κ3) is 3.06. The Bertz CT molecular complexity index is 929. The Kier molecular flexibility index (Phi) is 3.85. The van der Waals surface area contributed by atoms with E-state index in [-0.39, 0.29) is 11.1 Å². The van der Waals surface area contributed by atoms with Gasteiger partial charge in [-0.2, -0.15) is 0 Å². The van der Waals surface area contributed by atoms with E-state index in [2.05, 4.69) is 26.8 Å². The van der Waals surface area contributed by atoms with Gasteiger partial charge in [0.1, 0.15) is 0 Å². The van der Waals surface area contributed by atoms with E-state index < -0.39 is 0 Å². The molecule has 1 heterocycles. The van der Waals surface area contributed by atoms with Gasteiger partial charge < -0.3 is 0 Å². The molecule has 120 valence electrons. The second-order valence-corrected chi connectivity index (χ2v) is 7.64. The summed E-state index contributed by atoms with van der Waals surface area (Å²) in [6.07, 6.45) is 0. The first kappa shape index (κ1) is 15.9. The molecule has 0 radical (unpaired) electrons. The first-order valence-corrected chi connectivity index (χ1v) is 8.09. The lowest BCUT2D eigenvalue weighted by molar-refractivity contribution is 0.342. The van der Waals surface area contributed by atoms with E-state index >= 15 is 0 Å². The molecule has 0 unspecified atom stereocenters. The summed E-state index contributed by atoms with van der Waals surface area (Å²) in [7, 11) is 1.82. The molecule has 0 aliphatic rings. The maximum atomic E-state index is 12.6. The van der Waals surface area contributed by atoms with Gasteiger partial charge in [-0.25, -0.2) is 4.79 Å². The summed E-state index contributed by atoms with van der Waals surface area (Å²) in [6, 6.07) is 13.9. The van der Waals surface area contributed by atoms with Crippen molar-refractivity contribution in [1.29, 1.82) is 0 Å². The molecule has 0 atom stereocenters. The minimum absolute atomic E-state index is 0.0261. The molecule has 0 amide bonds. The van der Waals surface area contributed by atoms with Gasteiger partial charge >= 0.3 is 5.69 Å². The van der Waals surface area contributed by atoms with Crippen molar-refractivity contribution in [2.75, 3.05) is 0 Å². The van der Waals surface area contributed by atoms with Crippen LogP contribution in [0.1, 0.15) is 20.8 Å². The second-order valence-electron chi connectivity index (χ2n) is 7.20. The van der Waals surface area contributed by atoms with Gasteiger partial charge in [0.25, 0.3) is 0 Å². The molecule has 23 heavy (non-hydrogen) atoms. The highest BCUT2D eigenvalue weighted by Gasteiger charge is 2.17. The zero-order valence-electron chi connectivity index (χ0n) is 13.9. The average Bonchev–Trinajstić information content (AvgIpc) is 2.71. The predicted octanol–water partition coefficient (Wildman–Crippen LogP) is 4.71. The largest absolute Gasteiger partial charge is 0.328 e. The van der Waals surface area contributed by atoms with E-state index in [9.17, 15) is 4.79 Å². The summed E-state index contributed by atoms with van der Waals surface area (Å²) in [5, 5.41) is 0.710. The van der Waals surface area contributed by atoms with E-state index in [4.69, 9.17) is 11.6 Å². The summed E-state index contributed by atoms with van der Waals surface area (Å²) in [4.78, 5) is 12.6. The van der Waals surface area contributed by atoms with Crippen molar-refractivity contribution in [3.8, 4) is 11.1 Å². The number of fused-ring (bicyclic) bond motifs is 1. The quantitative estimate of drug-likeness (QED) is 0.669. The maximum Gasteiger partial charge on any atom is 0.328 e. The molecule has 3 rings (SSSR count). The fourth-order valence-corrected chi connectivity index (χ4v) is 3.07. The van der Waals surface area contributed by atoms with Crippen LogP contribution in [0, 0.1) is 5.41 Å². The number of imidazole rings is 1. The van der Waals surface area contributed by atoms with Crippen molar-refractivity contribution in [1.82, 2.24) is 9.13 Å². The van der Waals surface area contributed by atoms with Gasteiger partial charge in [0.15, 0.2) is 0 Å². The summed E-state index contributed by atoms with van der Waals surface area (Å²) in [5.41, 5.74) is 4.09. The van der Waals surface area contributed by atoms with E-state index in [1.807, 2.05) is 48.0 Å². The number of aromatic nitrogens is 2. The SMILES string of the molecule is Cn1c(=O)n(CC(C)(C)C)c2ccc(-c3cccc(Cl)c3)cc21. The number of aryl methyl sites for hydroxylation is 1. The van der Waals surface area contributed by atoms with Crippen LogP contribution in [-0.4, -0.2) is 9.13 Å². The van der Waals surface area contributed by atoms with Crippen molar-refractivity contribution in [3.63, 3.8) is 0 Å². The molecule has 3 nitrogen and oxygen atoms in total. The van der Waals surface area contributed by atoms with Crippen LogP contribution in [0.3, 0.4) is 0 Å². The van der Waals surface area contributed by atoms with Crippen molar-refractivity contribution in [2.24, 2.45) is 12.5 Å². The van der Waals surface area contributed by atoms with Gasteiger partial charge in [0, 0.05) is 18.6 Å². The van der Waals surface area contributed by atoms with Gasteiger partial charge in [-0.1, -0.05) is 50.6 Å². The Hall–Kier alpha value is -2.00. The molecule has 4 heteroatoms. The van der Waals surface area contributed by atoms with Gasteiger partial charge in [-0.3, -0.25) is 9.13 Å². The Labute approximate surface area is 141 Å². The normalized spacial score (nSPS) is 12.0. The lowest BCUT2D eigenvalue weighted by Gasteiger charge is -2.18. The summed E-state index contributed by atoms with van der Waals surface area (Å²) >= 11 is 6.09. The summed E-state index contributed by atoms with van der Waals surface area (Å²) in [5.74, 6) is 0. The highest BCUT2D eigenvalue weighted by Crippen LogP contribution is 2.27. The third-order valence-electron chi connectivity index (χ3n) is 3.94. The molecule has 0 bridgehead atoms. The number of hydrogen-bond acceptors (Lipinski definition) is 1. The molecule has 0 saturated heterocycles. The number of nitrogens with zero attached hydrogens (tertiary/aromatic N) is 2. The highest BCUT2D eigenvalue weighted by molar-refractivity contribution is 6.30. The topological polar surface area (TPSA) is 26.9 Å². The molecule has 0 aliphatic carbocycles. The Morgan fingerprint density at radius 3 is 2.35 bits per heavy atom. The van der Waals surface area contributed by atoms with Crippen LogP contribution in [0.4, 0.5) is 0 Å². The molecule has 0 fully saturated rings. The molecule has 3 aromatic rings. The number of rotatable bonds is 2. The zero-order chi connectivity index (χ0) is 16.8. The van der Waals surface area contributed by atoms with Gasteiger partial charge in [-0.15, -0.1) is 0 Å². The lowest BCUT2D eigenvalue weighted by Crippen LogP contribution is -2.27. The average molecular weight is 329 g/mol. The first-order valence-electron chi connectivity index (χ1n) is 7.71. The molecule has 0 N–H and O–H groups in total. The fraction of sp³-hybridized carbons (Fsp3) is 0.316. The van der Waals surface area contributed by atoms with Gasteiger partial charge in [0.2, 0.25) is 0 Å². The third-order valence-corrected chi connectivity index (χ3v) is 4.17. The van der Waals surface area contributed by atoms with E-state index in [0.717, 1.165) is 22.2 Å². The minimum Gasteiger partial charge on any atom is -0.295 e. The second kappa shape index (κ2) is 5.57. The fourth-order valence-electron chi connectivity index (χ4n) is 2.88. The van der Waals surface area contributed by atoms with Crippen LogP contribution in [0.5, 0.6) is 0 Å². The zero-order valence-corrected chi connectivity index (χ0v) is 14.7. The van der Waals surface area contributed by atoms with E-state index in [1.54, 1.807) is 4.57 Å². The smallest absolute Gasteiger partial charge is 0.295 e. The predicted molar refractivity (Wildman–Crippen MR) is 97.1 cm³/mol. The van der Waals surface area contributed by atoms with E-state index in [0.29, 0.717) is 11.6 Å². The van der Waals surface area contributed by atoms with Crippen LogP contribution in [0.25, 0.3) is 22.2 Å². The molecule has 1 aromatic heterocycles. The maximum absolute atomic E-state index is 12.6. The van der Waals surface area contributed by atoms with E-state index in [1.165, 1.54) is 0 Å². The Morgan fingerprint density at radius 2 is 1.70 bits per heavy atom. The van der Waals surface area contributed by atoms with Crippen LogP contribution in [-0.2, 0) is 13.6 Å². The monoisotopic (exact) mass is 328 g/mol. The first-order chi connectivity index (χ1) is 10.8. The minimum atomic E-state index is 0.0261. The van der Waals surface area contributed by atoms with Crippen molar-refractivity contribution < 1.29 is 0 Å². The van der Waals surface area contributed by atoms with Crippen molar-refractivity contribution >= 4 is 22.6 Å². The summed E-state index contributed by atoms with van der Waals surface area (Å²) in [6.45, 7) is 7.11. The Balaban J connectivity index is 2.18. The van der Waals surface area contributed by atoms with Crippen LogP contribution in [0.2, 0.25) is 5.02 Å². The molecule has 0 aliphatic heterocycles. The van der Waals surface area contributed by atoms with Gasteiger partial charge in [0.05, 0.1) is 11.0 Å².